The third kappa shape index (κ3) is 5.62. The molecule has 0 aromatic carbocycles. The van der Waals surface area contributed by atoms with Crippen LogP contribution in [0.2, 0.25) is 0 Å². The zero-order chi connectivity index (χ0) is 12.1. The molecule has 0 aliphatic carbocycles. The van der Waals surface area contributed by atoms with Crippen LogP contribution < -0.4 is 5.73 Å². The second-order valence-corrected chi connectivity index (χ2v) is 4.48. The van der Waals surface area contributed by atoms with Gasteiger partial charge in [0.1, 0.15) is 5.60 Å². The van der Waals surface area contributed by atoms with Crippen molar-refractivity contribution in [3.63, 3.8) is 0 Å². The Hall–Kier alpha value is -0.770. The molecule has 0 aromatic heterocycles. The van der Waals surface area contributed by atoms with Crippen molar-refractivity contribution in [2.45, 2.75) is 52.7 Å². The molecule has 90 valence electrons. The Morgan fingerprint density at radius 2 is 1.93 bits per heavy atom. The van der Waals surface area contributed by atoms with Crippen LogP contribution in [-0.2, 0) is 4.74 Å². The van der Waals surface area contributed by atoms with Crippen LogP contribution in [0.3, 0.4) is 0 Å². The number of hydrogen-bond donors (Lipinski definition) is 1. The number of carbonyl (C=O) groups excluding carboxylic acids is 1. The van der Waals surface area contributed by atoms with Gasteiger partial charge >= 0.3 is 6.09 Å². The average molecular weight is 216 g/mol. The monoisotopic (exact) mass is 216 g/mol. The fourth-order valence-electron chi connectivity index (χ4n) is 1.28. The summed E-state index contributed by atoms with van der Waals surface area (Å²) in [4.78, 5) is 13.1. The molecule has 1 unspecified atom stereocenters. The van der Waals surface area contributed by atoms with E-state index in [1.54, 1.807) is 4.90 Å². The van der Waals surface area contributed by atoms with Crippen LogP contribution in [0.15, 0.2) is 0 Å². The molecule has 15 heavy (non-hydrogen) atoms. The molecule has 4 heteroatoms. The molecule has 1 aliphatic heterocycles. The summed E-state index contributed by atoms with van der Waals surface area (Å²) in [7, 11) is 0. The molecule has 4 nitrogen and oxygen atoms in total. The number of ether oxygens (including phenoxy) is 1. The van der Waals surface area contributed by atoms with E-state index in [1.807, 2.05) is 34.6 Å². The van der Waals surface area contributed by atoms with Gasteiger partial charge in [0.25, 0.3) is 0 Å². The number of rotatable bonds is 0. The van der Waals surface area contributed by atoms with Crippen molar-refractivity contribution in [3.8, 4) is 0 Å². The summed E-state index contributed by atoms with van der Waals surface area (Å²) in [5.41, 5.74) is 5.26. The van der Waals surface area contributed by atoms with Crippen LogP contribution in [0.5, 0.6) is 0 Å². The molecule has 1 aliphatic rings. The van der Waals surface area contributed by atoms with Crippen LogP contribution in [0, 0.1) is 0 Å². The first-order valence-electron chi connectivity index (χ1n) is 5.62. The Labute approximate surface area is 92.8 Å². The van der Waals surface area contributed by atoms with E-state index in [-0.39, 0.29) is 12.1 Å². The van der Waals surface area contributed by atoms with E-state index in [0.717, 1.165) is 13.0 Å². The van der Waals surface area contributed by atoms with Crippen LogP contribution in [0.4, 0.5) is 4.79 Å². The molecule has 1 saturated heterocycles. The van der Waals surface area contributed by atoms with Crippen LogP contribution in [0.25, 0.3) is 0 Å². The predicted molar refractivity (Wildman–Crippen MR) is 61.7 cm³/mol. The Kier molecular flexibility index (Phi) is 5.65. The van der Waals surface area contributed by atoms with Gasteiger partial charge in [0.05, 0.1) is 0 Å². The van der Waals surface area contributed by atoms with Crippen molar-refractivity contribution in [1.29, 1.82) is 0 Å². The highest BCUT2D eigenvalue weighted by Crippen LogP contribution is 2.13. The maximum atomic E-state index is 11.5. The highest BCUT2D eigenvalue weighted by molar-refractivity contribution is 5.68. The largest absolute Gasteiger partial charge is 0.444 e. The van der Waals surface area contributed by atoms with Gasteiger partial charge in [0.2, 0.25) is 0 Å². The fraction of sp³-hybridized carbons (Fsp3) is 0.909. The maximum absolute atomic E-state index is 11.5. The third-order valence-electron chi connectivity index (χ3n) is 1.88. The molecule has 0 radical (unpaired) electrons. The lowest BCUT2D eigenvalue weighted by atomic mass is 10.2. The van der Waals surface area contributed by atoms with Crippen molar-refractivity contribution in [3.05, 3.63) is 0 Å². The lowest BCUT2D eigenvalue weighted by Gasteiger charge is -2.24. The quantitative estimate of drug-likeness (QED) is 0.673. The number of nitrogens with zero attached hydrogens (tertiary/aromatic N) is 1. The number of hydrogen-bond acceptors (Lipinski definition) is 3. The van der Waals surface area contributed by atoms with Gasteiger partial charge in [0, 0.05) is 19.1 Å². The summed E-state index contributed by atoms with van der Waals surface area (Å²) in [5.74, 6) is 0. The Morgan fingerprint density at radius 3 is 2.27 bits per heavy atom. The second kappa shape index (κ2) is 5.95. The first-order chi connectivity index (χ1) is 6.88. The molecule has 0 aromatic rings. The molecule has 1 atom stereocenters. The Morgan fingerprint density at radius 1 is 1.40 bits per heavy atom. The number of nitrogens with two attached hydrogens (primary N) is 1. The van der Waals surface area contributed by atoms with Gasteiger partial charge in [0.15, 0.2) is 0 Å². The Balaban J connectivity index is 0.000000921. The molecule has 0 spiro atoms. The zero-order valence-corrected chi connectivity index (χ0v) is 10.5. The molecule has 1 fully saturated rings. The van der Waals surface area contributed by atoms with E-state index in [2.05, 4.69) is 0 Å². The highest BCUT2D eigenvalue weighted by atomic mass is 16.6. The van der Waals surface area contributed by atoms with Crippen LogP contribution in [0.1, 0.15) is 41.0 Å². The molecular formula is C11H24N2O2. The van der Waals surface area contributed by atoms with Gasteiger partial charge in [-0.1, -0.05) is 13.8 Å². The first-order valence-corrected chi connectivity index (χ1v) is 5.62. The van der Waals surface area contributed by atoms with Crippen molar-refractivity contribution in [2.24, 2.45) is 5.73 Å². The van der Waals surface area contributed by atoms with E-state index in [9.17, 15) is 4.79 Å². The minimum Gasteiger partial charge on any atom is -0.444 e. The molecule has 0 saturated carbocycles. The SMILES string of the molecule is CC.CC(C)(C)OC(=O)N1CCC(N)C1. The smallest absolute Gasteiger partial charge is 0.410 e. The number of amides is 1. The van der Waals surface area contributed by atoms with Crippen LogP contribution >= 0.6 is 0 Å². The Bertz CT molecular complexity index is 199. The maximum Gasteiger partial charge on any atom is 0.410 e. The van der Waals surface area contributed by atoms with E-state index in [0.29, 0.717) is 6.54 Å². The summed E-state index contributed by atoms with van der Waals surface area (Å²) in [6, 6.07) is 0.118. The minimum atomic E-state index is -0.413. The van der Waals surface area contributed by atoms with Crippen molar-refractivity contribution >= 4 is 6.09 Å². The predicted octanol–water partition coefficient (Wildman–Crippen LogP) is 1.98. The van der Waals surface area contributed by atoms with Crippen molar-refractivity contribution in [2.75, 3.05) is 13.1 Å². The standard InChI is InChI=1S/C9H18N2O2.C2H6/c1-9(2,3)13-8(12)11-5-4-7(10)6-11;1-2/h7H,4-6,10H2,1-3H3;1-2H3. The van der Waals surface area contributed by atoms with Crippen molar-refractivity contribution in [1.82, 2.24) is 4.90 Å². The lowest BCUT2D eigenvalue weighted by Crippen LogP contribution is -2.36. The summed E-state index contributed by atoms with van der Waals surface area (Å²) in [5, 5.41) is 0. The number of carbonyl (C=O) groups is 1. The molecular weight excluding hydrogens is 192 g/mol. The molecule has 1 amide bonds. The lowest BCUT2D eigenvalue weighted by molar-refractivity contribution is 0.0292. The topological polar surface area (TPSA) is 55.6 Å². The van der Waals surface area contributed by atoms with E-state index >= 15 is 0 Å². The van der Waals surface area contributed by atoms with Crippen molar-refractivity contribution < 1.29 is 9.53 Å². The summed E-state index contributed by atoms with van der Waals surface area (Å²) >= 11 is 0. The molecule has 1 rings (SSSR count). The summed E-state index contributed by atoms with van der Waals surface area (Å²) in [6.07, 6.45) is 0.625. The van der Waals surface area contributed by atoms with Gasteiger partial charge in [-0.15, -0.1) is 0 Å². The van der Waals surface area contributed by atoms with E-state index in [1.165, 1.54) is 0 Å². The molecule has 0 bridgehead atoms. The van der Waals surface area contributed by atoms with Crippen LogP contribution in [-0.4, -0.2) is 35.7 Å². The second-order valence-electron chi connectivity index (χ2n) is 4.48. The molecule has 1 heterocycles. The first kappa shape index (κ1) is 14.2. The highest BCUT2D eigenvalue weighted by Gasteiger charge is 2.27. The van der Waals surface area contributed by atoms with Gasteiger partial charge in [-0.05, 0) is 27.2 Å². The third-order valence-corrected chi connectivity index (χ3v) is 1.88. The van der Waals surface area contributed by atoms with Gasteiger partial charge in [-0.25, -0.2) is 4.79 Å². The fourth-order valence-corrected chi connectivity index (χ4v) is 1.28. The average Bonchev–Trinajstić information content (AvgIpc) is 2.52. The van der Waals surface area contributed by atoms with Gasteiger partial charge in [-0.2, -0.15) is 0 Å². The summed E-state index contributed by atoms with van der Waals surface area (Å²) in [6.45, 7) is 10.9. The van der Waals surface area contributed by atoms with E-state index in [4.69, 9.17) is 10.5 Å². The normalized spacial score (nSPS) is 20.7. The minimum absolute atomic E-state index is 0.118. The van der Waals surface area contributed by atoms with E-state index < -0.39 is 5.60 Å². The van der Waals surface area contributed by atoms with Gasteiger partial charge in [-0.3, -0.25) is 0 Å². The zero-order valence-electron chi connectivity index (χ0n) is 10.5. The summed E-state index contributed by atoms with van der Waals surface area (Å²) < 4.78 is 5.20. The number of likely N-dealkylation sites (tertiary alicyclic amines) is 1. The molecule has 2 N–H and O–H groups in total. The van der Waals surface area contributed by atoms with Gasteiger partial charge < -0.3 is 15.4 Å².